The minimum atomic E-state index is -0.155. The molecule has 5 nitrogen and oxygen atoms in total. The standard InChI is InChI=1S/C22H25N3O2S/c1-4-5-6-10-19(26)24-22-23-17-12-11-16(13-18(17)28-22)21(27)25-20-14(2)8-7-9-15(20)3/h7-9,11-13H,4-6,10H2,1-3H3,(H,25,27)(H,23,24,26). The van der Waals surface area contributed by atoms with Gasteiger partial charge in [0.25, 0.3) is 5.91 Å². The summed E-state index contributed by atoms with van der Waals surface area (Å²) in [5, 5.41) is 6.44. The molecule has 0 fully saturated rings. The van der Waals surface area contributed by atoms with Gasteiger partial charge in [-0.05, 0) is 49.6 Å². The van der Waals surface area contributed by atoms with E-state index in [0.717, 1.165) is 46.3 Å². The van der Waals surface area contributed by atoms with Crippen molar-refractivity contribution in [3.05, 3.63) is 53.1 Å². The summed E-state index contributed by atoms with van der Waals surface area (Å²) in [5.74, 6) is -0.168. The maximum Gasteiger partial charge on any atom is 0.255 e. The van der Waals surface area contributed by atoms with Crippen LogP contribution in [0.3, 0.4) is 0 Å². The van der Waals surface area contributed by atoms with E-state index in [4.69, 9.17) is 0 Å². The fourth-order valence-electron chi connectivity index (χ4n) is 3.03. The highest BCUT2D eigenvalue weighted by Crippen LogP contribution is 2.28. The Hall–Kier alpha value is -2.73. The molecule has 1 aromatic heterocycles. The van der Waals surface area contributed by atoms with Gasteiger partial charge in [0.1, 0.15) is 0 Å². The maximum absolute atomic E-state index is 12.7. The third kappa shape index (κ3) is 4.75. The van der Waals surface area contributed by atoms with Crippen LogP contribution in [0.1, 0.15) is 54.1 Å². The number of nitrogens with zero attached hydrogens (tertiary/aromatic N) is 1. The average molecular weight is 396 g/mol. The molecule has 146 valence electrons. The van der Waals surface area contributed by atoms with E-state index in [2.05, 4.69) is 22.5 Å². The first-order valence-electron chi connectivity index (χ1n) is 9.56. The Balaban J connectivity index is 1.73. The van der Waals surface area contributed by atoms with Crippen molar-refractivity contribution in [3.63, 3.8) is 0 Å². The normalized spacial score (nSPS) is 10.8. The molecule has 0 saturated carbocycles. The summed E-state index contributed by atoms with van der Waals surface area (Å²) in [6, 6.07) is 11.3. The molecule has 0 spiro atoms. The Morgan fingerprint density at radius 3 is 2.50 bits per heavy atom. The molecule has 0 aliphatic carbocycles. The number of amides is 2. The van der Waals surface area contributed by atoms with Gasteiger partial charge in [0, 0.05) is 17.7 Å². The number of aryl methyl sites for hydroxylation is 2. The number of nitrogens with one attached hydrogen (secondary N) is 2. The number of carbonyl (C=O) groups excluding carboxylic acids is 2. The zero-order chi connectivity index (χ0) is 20.1. The number of para-hydroxylation sites is 1. The van der Waals surface area contributed by atoms with E-state index in [0.29, 0.717) is 17.1 Å². The van der Waals surface area contributed by atoms with Gasteiger partial charge in [-0.3, -0.25) is 9.59 Å². The molecule has 0 atom stereocenters. The third-order valence-corrected chi connectivity index (χ3v) is 5.56. The third-order valence-electron chi connectivity index (χ3n) is 4.62. The van der Waals surface area contributed by atoms with E-state index >= 15 is 0 Å². The summed E-state index contributed by atoms with van der Waals surface area (Å²) in [5.41, 5.74) is 4.25. The topological polar surface area (TPSA) is 71.1 Å². The Kier molecular flexibility index (Phi) is 6.41. The zero-order valence-electron chi connectivity index (χ0n) is 16.5. The number of aromatic nitrogens is 1. The first-order chi connectivity index (χ1) is 13.5. The molecule has 6 heteroatoms. The van der Waals surface area contributed by atoms with Crippen LogP contribution in [0.15, 0.2) is 36.4 Å². The summed E-state index contributed by atoms with van der Waals surface area (Å²) in [4.78, 5) is 29.1. The fourth-order valence-corrected chi connectivity index (χ4v) is 3.96. The van der Waals surface area contributed by atoms with Crippen LogP contribution in [0, 0.1) is 13.8 Å². The largest absolute Gasteiger partial charge is 0.322 e. The molecular weight excluding hydrogens is 370 g/mol. The second-order valence-corrected chi connectivity index (χ2v) is 7.96. The summed E-state index contributed by atoms with van der Waals surface area (Å²) in [7, 11) is 0. The fraction of sp³-hybridized carbons (Fsp3) is 0.318. The van der Waals surface area contributed by atoms with Gasteiger partial charge in [0.15, 0.2) is 5.13 Å². The number of fused-ring (bicyclic) bond motifs is 1. The predicted molar refractivity (Wildman–Crippen MR) is 116 cm³/mol. The van der Waals surface area contributed by atoms with Crippen LogP contribution < -0.4 is 10.6 Å². The summed E-state index contributed by atoms with van der Waals surface area (Å²) in [6.07, 6.45) is 3.52. The van der Waals surface area contributed by atoms with Crippen LogP contribution >= 0.6 is 11.3 Å². The molecule has 0 aliphatic heterocycles. The number of benzene rings is 2. The number of carbonyl (C=O) groups is 2. The number of hydrogen-bond acceptors (Lipinski definition) is 4. The molecule has 3 aromatic rings. The van der Waals surface area contributed by atoms with E-state index in [-0.39, 0.29) is 11.8 Å². The van der Waals surface area contributed by atoms with E-state index in [9.17, 15) is 9.59 Å². The van der Waals surface area contributed by atoms with Crippen LogP contribution in [0.25, 0.3) is 10.2 Å². The Bertz CT molecular complexity index is 990. The van der Waals surface area contributed by atoms with Crippen LogP contribution in [-0.4, -0.2) is 16.8 Å². The molecule has 3 rings (SSSR count). The van der Waals surface area contributed by atoms with Gasteiger partial charge in [0.2, 0.25) is 5.91 Å². The van der Waals surface area contributed by atoms with Crippen molar-refractivity contribution in [3.8, 4) is 0 Å². The molecule has 1 heterocycles. The molecule has 2 amide bonds. The van der Waals surface area contributed by atoms with Crippen LogP contribution in [0.4, 0.5) is 10.8 Å². The molecule has 0 radical (unpaired) electrons. The Morgan fingerprint density at radius 1 is 1.04 bits per heavy atom. The van der Waals surface area contributed by atoms with E-state index in [1.165, 1.54) is 11.3 Å². The van der Waals surface area contributed by atoms with Crippen LogP contribution in [-0.2, 0) is 4.79 Å². The maximum atomic E-state index is 12.7. The molecule has 0 saturated heterocycles. The average Bonchev–Trinajstić information content (AvgIpc) is 3.06. The van der Waals surface area contributed by atoms with Crippen molar-refractivity contribution in [1.82, 2.24) is 4.98 Å². The number of anilines is 2. The highest BCUT2D eigenvalue weighted by Gasteiger charge is 2.13. The van der Waals surface area contributed by atoms with Gasteiger partial charge in [-0.1, -0.05) is 49.3 Å². The molecule has 0 bridgehead atoms. The Labute approximate surface area is 169 Å². The second kappa shape index (κ2) is 8.97. The van der Waals surface area contributed by atoms with Gasteiger partial charge in [-0.15, -0.1) is 0 Å². The summed E-state index contributed by atoms with van der Waals surface area (Å²) in [6.45, 7) is 6.06. The summed E-state index contributed by atoms with van der Waals surface area (Å²) < 4.78 is 0.873. The molecule has 2 N–H and O–H groups in total. The molecule has 0 aliphatic rings. The lowest BCUT2D eigenvalue weighted by Gasteiger charge is -2.11. The predicted octanol–water partition coefficient (Wildman–Crippen LogP) is 5.68. The van der Waals surface area contributed by atoms with Crippen LogP contribution in [0.5, 0.6) is 0 Å². The number of hydrogen-bond donors (Lipinski definition) is 2. The van der Waals surface area contributed by atoms with Gasteiger partial charge in [-0.2, -0.15) is 0 Å². The van der Waals surface area contributed by atoms with E-state index in [1.54, 1.807) is 6.07 Å². The zero-order valence-corrected chi connectivity index (χ0v) is 17.3. The molecular formula is C22H25N3O2S. The highest BCUT2D eigenvalue weighted by atomic mass is 32.1. The van der Waals surface area contributed by atoms with E-state index in [1.807, 2.05) is 44.2 Å². The van der Waals surface area contributed by atoms with Crippen LogP contribution in [0.2, 0.25) is 0 Å². The van der Waals surface area contributed by atoms with Crippen molar-refractivity contribution >= 4 is 44.2 Å². The minimum absolute atomic E-state index is 0.0134. The lowest BCUT2D eigenvalue weighted by Crippen LogP contribution is -2.13. The number of thiazole rings is 1. The van der Waals surface area contributed by atoms with Crippen molar-refractivity contribution < 1.29 is 9.59 Å². The SMILES string of the molecule is CCCCCC(=O)Nc1nc2ccc(C(=O)Nc3c(C)cccc3C)cc2s1. The Morgan fingerprint density at radius 2 is 1.79 bits per heavy atom. The van der Waals surface area contributed by atoms with E-state index < -0.39 is 0 Å². The van der Waals surface area contributed by atoms with Crippen molar-refractivity contribution in [2.75, 3.05) is 10.6 Å². The van der Waals surface area contributed by atoms with Crippen molar-refractivity contribution in [2.45, 2.75) is 46.5 Å². The smallest absolute Gasteiger partial charge is 0.255 e. The molecule has 28 heavy (non-hydrogen) atoms. The lowest BCUT2D eigenvalue weighted by molar-refractivity contribution is -0.116. The van der Waals surface area contributed by atoms with Gasteiger partial charge in [-0.25, -0.2) is 4.98 Å². The minimum Gasteiger partial charge on any atom is -0.322 e. The number of unbranched alkanes of at least 4 members (excludes halogenated alkanes) is 2. The van der Waals surface area contributed by atoms with Gasteiger partial charge in [0.05, 0.1) is 10.2 Å². The van der Waals surface area contributed by atoms with Crippen molar-refractivity contribution in [2.24, 2.45) is 0 Å². The first kappa shape index (κ1) is 20.0. The van der Waals surface area contributed by atoms with Gasteiger partial charge >= 0.3 is 0 Å². The van der Waals surface area contributed by atoms with Crippen molar-refractivity contribution in [1.29, 1.82) is 0 Å². The lowest BCUT2D eigenvalue weighted by atomic mass is 10.1. The summed E-state index contributed by atoms with van der Waals surface area (Å²) >= 11 is 1.39. The monoisotopic (exact) mass is 395 g/mol. The number of rotatable bonds is 7. The second-order valence-electron chi connectivity index (χ2n) is 6.93. The van der Waals surface area contributed by atoms with Gasteiger partial charge < -0.3 is 10.6 Å². The first-order valence-corrected chi connectivity index (χ1v) is 10.4. The highest BCUT2D eigenvalue weighted by molar-refractivity contribution is 7.22. The molecule has 0 unspecified atom stereocenters. The quantitative estimate of drug-likeness (QED) is 0.505. The molecule has 2 aromatic carbocycles.